The number of hydrogen-bond donors (Lipinski definition) is 2. The Morgan fingerprint density at radius 3 is 2.88 bits per heavy atom. The van der Waals surface area contributed by atoms with Gasteiger partial charge in [0, 0.05) is 19.8 Å². The molecule has 1 aliphatic rings. The lowest BCUT2D eigenvalue weighted by atomic mass is 10.0. The van der Waals surface area contributed by atoms with Crippen LogP contribution in [0.25, 0.3) is 0 Å². The van der Waals surface area contributed by atoms with Crippen LogP contribution in [0.15, 0.2) is 6.20 Å². The molecule has 0 atom stereocenters. The summed E-state index contributed by atoms with van der Waals surface area (Å²) in [7, 11) is 0. The molecule has 0 aromatic carbocycles. The molecule has 1 fully saturated rings. The molecule has 0 saturated carbocycles. The molecule has 2 N–H and O–H groups in total. The second-order valence-corrected chi connectivity index (χ2v) is 3.92. The highest BCUT2D eigenvalue weighted by molar-refractivity contribution is 5.88. The van der Waals surface area contributed by atoms with Crippen molar-refractivity contribution < 1.29 is 19.7 Å². The number of aromatic hydroxyl groups is 1. The molecular formula is C10H14N2O4. The first kappa shape index (κ1) is 10.9. The number of hydrogen-bond acceptors (Lipinski definition) is 4. The van der Waals surface area contributed by atoms with Gasteiger partial charge in [0.1, 0.15) is 0 Å². The van der Waals surface area contributed by atoms with Gasteiger partial charge in [-0.25, -0.2) is 4.79 Å². The van der Waals surface area contributed by atoms with Crippen molar-refractivity contribution in [1.82, 2.24) is 9.78 Å². The van der Waals surface area contributed by atoms with Gasteiger partial charge in [0.25, 0.3) is 0 Å². The molecule has 6 nitrogen and oxygen atoms in total. The predicted octanol–water partition coefficient (Wildman–Crippen LogP) is 0.713. The van der Waals surface area contributed by atoms with E-state index in [4.69, 9.17) is 9.84 Å². The summed E-state index contributed by atoms with van der Waals surface area (Å²) < 4.78 is 6.58. The van der Waals surface area contributed by atoms with Gasteiger partial charge >= 0.3 is 5.97 Å². The molecule has 1 aliphatic heterocycles. The highest BCUT2D eigenvalue weighted by Crippen LogP contribution is 2.21. The zero-order chi connectivity index (χ0) is 11.5. The smallest absolute Gasteiger partial charge is 0.358 e. The largest absolute Gasteiger partial charge is 0.504 e. The van der Waals surface area contributed by atoms with Crippen LogP contribution in [-0.4, -0.2) is 39.2 Å². The minimum atomic E-state index is -1.15. The minimum absolute atomic E-state index is 0.133. The lowest BCUT2D eigenvalue weighted by Gasteiger charge is -2.22. The Morgan fingerprint density at radius 2 is 2.25 bits per heavy atom. The van der Waals surface area contributed by atoms with E-state index in [1.54, 1.807) is 0 Å². The number of aromatic carboxylic acids is 1. The second-order valence-electron chi connectivity index (χ2n) is 3.92. The van der Waals surface area contributed by atoms with Gasteiger partial charge in [-0.05, 0) is 18.8 Å². The van der Waals surface area contributed by atoms with Gasteiger partial charge in [-0.1, -0.05) is 0 Å². The van der Waals surface area contributed by atoms with E-state index in [1.807, 2.05) is 0 Å². The van der Waals surface area contributed by atoms with Crippen molar-refractivity contribution in [2.45, 2.75) is 19.4 Å². The fourth-order valence-electron chi connectivity index (χ4n) is 1.91. The van der Waals surface area contributed by atoms with Gasteiger partial charge in [0.2, 0.25) is 0 Å². The fourth-order valence-corrected chi connectivity index (χ4v) is 1.91. The summed E-state index contributed by atoms with van der Waals surface area (Å²) in [5.74, 6) is -1.06. The Labute approximate surface area is 92.5 Å². The van der Waals surface area contributed by atoms with E-state index in [0.717, 1.165) is 12.8 Å². The van der Waals surface area contributed by atoms with E-state index < -0.39 is 5.97 Å². The zero-order valence-electron chi connectivity index (χ0n) is 8.80. The summed E-state index contributed by atoms with van der Waals surface area (Å²) in [6.45, 7) is 1.94. The summed E-state index contributed by atoms with van der Waals surface area (Å²) in [5.41, 5.74) is -0.133. The van der Waals surface area contributed by atoms with Gasteiger partial charge in [-0.3, -0.25) is 4.68 Å². The summed E-state index contributed by atoms with van der Waals surface area (Å²) in [6, 6.07) is 0. The third kappa shape index (κ3) is 2.16. The van der Waals surface area contributed by atoms with Crippen molar-refractivity contribution in [2.75, 3.05) is 13.2 Å². The molecule has 2 rings (SSSR count). The number of carboxylic acids is 1. The maximum atomic E-state index is 10.9. The van der Waals surface area contributed by atoms with Crippen LogP contribution in [0, 0.1) is 5.92 Å². The van der Waals surface area contributed by atoms with Crippen LogP contribution in [0.1, 0.15) is 23.3 Å². The van der Waals surface area contributed by atoms with Crippen molar-refractivity contribution in [3.63, 3.8) is 0 Å². The number of carbonyl (C=O) groups is 1. The van der Waals surface area contributed by atoms with Crippen LogP contribution in [0.4, 0.5) is 0 Å². The normalized spacial score (nSPS) is 17.5. The first-order chi connectivity index (χ1) is 7.68. The van der Waals surface area contributed by atoms with Gasteiger partial charge in [0.15, 0.2) is 11.4 Å². The number of nitrogens with zero attached hydrogens (tertiary/aromatic N) is 2. The van der Waals surface area contributed by atoms with Crippen molar-refractivity contribution in [2.24, 2.45) is 5.92 Å². The second kappa shape index (κ2) is 4.52. The molecular weight excluding hydrogens is 212 g/mol. The van der Waals surface area contributed by atoms with Gasteiger partial charge in [0.05, 0.1) is 6.20 Å². The molecule has 2 heterocycles. The van der Waals surface area contributed by atoms with E-state index in [0.29, 0.717) is 25.7 Å². The van der Waals surface area contributed by atoms with Crippen LogP contribution < -0.4 is 0 Å². The topological polar surface area (TPSA) is 84.6 Å². The summed E-state index contributed by atoms with van der Waals surface area (Å²) in [4.78, 5) is 10.9. The Balaban J connectivity index is 2.11. The first-order valence-electron chi connectivity index (χ1n) is 5.24. The first-order valence-corrected chi connectivity index (χ1v) is 5.24. The van der Waals surface area contributed by atoms with Crippen LogP contribution in [0.5, 0.6) is 5.75 Å². The standard InChI is InChI=1S/C10H14N2O4/c13-8-5-11-12(9(8)10(14)15)6-7-1-3-16-4-2-7/h5,7,13H,1-4,6H2,(H,14,15). The maximum Gasteiger partial charge on any atom is 0.358 e. The highest BCUT2D eigenvalue weighted by Gasteiger charge is 2.21. The summed E-state index contributed by atoms with van der Waals surface area (Å²) in [5, 5.41) is 22.1. The third-order valence-corrected chi connectivity index (χ3v) is 2.79. The number of aromatic nitrogens is 2. The molecule has 0 amide bonds. The molecule has 0 radical (unpaired) electrons. The monoisotopic (exact) mass is 226 g/mol. The molecule has 88 valence electrons. The Hall–Kier alpha value is -1.56. The Morgan fingerprint density at radius 1 is 1.56 bits per heavy atom. The van der Waals surface area contributed by atoms with Crippen molar-refractivity contribution in [1.29, 1.82) is 0 Å². The van der Waals surface area contributed by atoms with Crippen LogP contribution in [0.3, 0.4) is 0 Å². The van der Waals surface area contributed by atoms with Crippen LogP contribution in [-0.2, 0) is 11.3 Å². The summed E-state index contributed by atoms with van der Waals surface area (Å²) in [6.07, 6.45) is 2.97. The molecule has 16 heavy (non-hydrogen) atoms. The quantitative estimate of drug-likeness (QED) is 0.793. The summed E-state index contributed by atoms with van der Waals surface area (Å²) >= 11 is 0. The molecule has 1 aromatic heterocycles. The van der Waals surface area contributed by atoms with Gasteiger partial charge in [-0.15, -0.1) is 0 Å². The fraction of sp³-hybridized carbons (Fsp3) is 0.600. The average molecular weight is 226 g/mol. The maximum absolute atomic E-state index is 10.9. The van der Waals surface area contributed by atoms with Crippen molar-refractivity contribution in [3.05, 3.63) is 11.9 Å². The molecule has 0 unspecified atom stereocenters. The molecule has 6 heteroatoms. The van der Waals surface area contributed by atoms with Crippen LogP contribution >= 0.6 is 0 Å². The highest BCUT2D eigenvalue weighted by atomic mass is 16.5. The molecule has 0 aliphatic carbocycles. The Kier molecular flexibility index (Phi) is 3.09. The minimum Gasteiger partial charge on any atom is -0.504 e. The van der Waals surface area contributed by atoms with Crippen molar-refractivity contribution >= 4 is 5.97 Å². The van der Waals surface area contributed by atoms with E-state index in [-0.39, 0.29) is 11.4 Å². The third-order valence-electron chi connectivity index (χ3n) is 2.79. The SMILES string of the molecule is O=C(O)c1c(O)cnn1CC1CCOCC1. The lowest BCUT2D eigenvalue weighted by molar-refractivity contribution is 0.0579. The number of carboxylic acid groups (broad SMARTS) is 1. The predicted molar refractivity (Wildman–Crippen MR) is 54.4 cm³/mol. The number of rotatable bonds is 3. The molecule has 0 bridgehead atoms. The van der Waals surface area contributed by atoms with Gasteiger partial charge < -0.3 is 14.9 Å². The van der Waals surface area contributed by atoms with Crippen molar-refractivity contribution in [3.8, 4) is 5.75 Å². The molecule has 1 saturated heterocycles. The number of ether oxygens (including phenoxy) is 1. The lowest BCUT2D eigenvalue weighted by Crippen LogP contribution is -2.22. The van der Waals surface area contributed by atoms with E-state index >= 15 is 0 Å². The van der Waals surface area contributed by atoms with E-state index in [2.05, 4.69) is 5.10 Å². The average Bonchev–Trinajstić information content (AvgIpc) is 2.61. The Bertz CT molecular complexity index is 382. The molecule has 1 aromatic rings. The van der Waals surface area contributed by atoms with Crippen LogP contribution in [0.2, 0.25) is 0 Å². The van der Waals surface area contributed by atoms with E-state index in [9.17, 15) is 9.90 Å². The van der Waals surface area contributed by atoms with Gasteiger partial charge in [-0.2, -0.15) is 5.10 Å². The molecule has 0 spiro atoms. The van der Waals surface area contributed by atoms with E-state index in [1.165, 1.54) is 10.9 Å². The zero-order valence-corrected chi connectivity index (χ0v) is 8.80.